The summed E-state index contributed by atoms with van der Waals surface area (Å²) in [6.07, 6.45) is 0.797. The van der Waals surface area contributed by atoms with Crippen molar-refractivity contribution < 1.29 is 4.79 Å². The number of hydrogen-bond acceptors (Lipinski definition) is 6. The van der Waals surface area contributed by atoms with E-state index in [0.717, 1.165) is 38.2 Å². The molecule has 0 radical (unpaired) electrons. The smallest absolute Gasteiger partial charge is 0.234 e. The van der Waals surface area contributed by atoms with Crippen molar-refractivity contribution in [2.24, 2.45) is 0 Å². The number of carbonyl (C=O) groups is 1. The summed E-state index contributed by atoms with van der Waals surface area (Å²) in [6, 6.07) is 18.0. The zero-order chi connectivity index (χ0) is 19.3. The minimum Gasteiger partial charge on any atom is -0.351 e. The minimum absolute atomic E-state index is 0.0265. The average Bonchev–Trinajstić information content (AvgIpc) is 3.32. The van der Waals surface area contributed by atoms with Gasteiger partial charge in [0.15, 0.2) is 5.82 Å². The molecule has 8 heteroatoms. The van der Waals surface area contributed by atoms with Crippen LogP contribution in [0.4, 0.5) is 0 Å². The molecule has 2 aromatic heterocycles. The van der Waals surface area contributed by atoms with Crippen LogP contribution in [0, 0.1) is 0 Å². The predicted molar refractivity (Wildman–Crippen MR) is 112 cm³/mol. The third-order valence-electron chi connectivity index (χ3n) is 4.18. The minimum atomic E-state index is 0.0265. The first-order valence-electron chi connectivity index (χ1n) is 8.98. The Bertz CT molecular complexity index is 1070. The van der Waals surface area contributed by atoms with Crippen molar-refractivity contribution in [2.75, 3.05) is 5.75 Å². The molecule has 0 aliphatic rings. The highest BCUT2D eigenvalue weighted by Gasteiger charge is 2.11. The largest absolute Gasteiger partial charge is 0.351 e. The van der Waals surface area contributed by atoms with E-state index >= 15 is 0 Å². The summed E-state index contributed by atoms with van der Waals surface area (Å²) < 4.78 is 1.80. The highest BCUT2D eigenvalue weighted by Crippen LogP contribution is 2.25. The molecule has 0 spiro atoms. The van der Waals surface area contributed by atoms with Crippen molar-refractivity contribution in [1.29, 1.82) is 0 Å². The SMILES string of the molecule is CCc1nnc2sc(-c3ccc(CNC(=O)CSc4ccccc4)cc3)nn12. The van der Waals surface area contributed by atoms with E-state index in [1.165, 1.54) is 23.1 Å². The Morgan fingerprint density at radius 2 is 1.89 bits per heavy atom. The Labute approximate surface area is 171 Å². The van der Waals surface area contributed by atoms with Crippen LogP contribution in [0.1, 0.15) is 18.3 Å². The number of fused-ring (bicyclic) bond motifs is 1. The van der Waals surface area contributed by atoms with Crippen molar-refractivity contribution >= 4 is 34.0 Å². The molecular weight excluding hydrogens is 390 g/mol. The zero-order valence-electron chi connectivity index (χ0n) is 15.3. The number of hydrogen-bond donors (Lipinski definition) is 1. The molecular formula is C20H19N5OS2. The summed E-state index contributed by atoms with van der Waals surface area (Å²) in [5.74, 6) is 1.30. The number of nitrogens with zero attached hydrogens (tertiary/aromatic N) is 4. The Kier molecular flexibility index (Phi) is 5.68. The van der Waals surface area contributed by atoms with Crippen LogP contribution in [0.2, 0.25) is 0 Å². The van der Waals surface area contributed by atoms with E-state index in [1.807, 2.05) is 61.5 Å². The molecule has 0 fully saturated rings. The summed E-state index contributed by atoms with van der Waals surface area (Å²) in [4.78, 5) is 14.0. The van der Waals surface area contributed by atoms with Gasteiger partial charge in [0.25, 0.3) is 0 Å². The van der Waals surface area contributed by atoms with Gasteiger partial charge in [0.1, 0.15) is 5.01 Å². The summed E-state index contributed by atoms with van der Waals surface area (Å²) in [7, 11) is 0. The fourth-order valence-electron chi connectivity index (χ4n) is 2.68. The maximum absolute atomic E-state index is 12.1. The molecule has 142 valence electrons. The van der Waals surface area contributed by atoms with E-state index in [1.54, 1.807) is 4.52 Å². The molecule has 6 nitrogen and oxygen atoms in total. The number of rotatable bonds is 7. The van der Waals surface area contributed by atoms with Crippen molar-refractivity contribution in [3.63, 3.8) is 0 Å². The highest BCUT2D eigenvalue weighted by atomic mass is 32.2. The molecule has 1 amide bonds. The van der Waals surface area contributed by atoms with Gasteiger partial charge in [-0.05, 0) is 17.7 Å². The van der Waals surface area contributed by atoms with Crippen molar-refractivity contribution in [3.05, 3.63) is 66.0 Å². The van der Waals surface area contributed by atoms with Crippen molar-refractivity contribution in [1.82, 2.24) is 25.1 Å². The normalized spacial score (nSPS) is 11.0. The van der Waals surface area contributed by atoms with Crippen LogP contribution in [0.5, 0.6) is 0 Å². The Morgan fingerprint density at radius 3 is 2.64 bits per heavy atom. The lowest BCUT2D eigenvalue weighted by molar-refractivity contribution is -0.118. The number of thioether (sulfide) groups is 1. The van der Waals surface area contributed by atoms with Crippen LogP contribution in [-0.2, 0) is 17.8 Å². The number of aryl methyl sites for hydroxylation is 1. The lowest BCUT2D eigenvalue weighted by atomic mass is 10.1. The molecule has 0 saturated carbocycles. The van der Waals surface area contributed by atoms with Crippen LogP contribution in [0.25, 0.3) is 15.5 Å². The van der Waals surface area contributed by atoms with E-state index in [9.17, 15) is 4.79 Å². The average molecular weight is 410 g/mol. The molecule has 0 atom stereocenters. The molecule has 0 unspecified atom stereocenters. The third-order valence-corrected chi connectivity index (χ3v) is 6.14. The summed E-state index contributed by atoms with van der Waals surface area (Å²) in [5.41, 5.74) is 2.09. The van der Waals surface area contributed by atoms with Crippen LogP contribution < -0.4 is 5.32 Å². The number of benzene rings is 2. The second-order valence-electron chi connectivity index (χ2n) is 6.15. The Morgan fingerprint density at radius 1 is 1.11 bits per heavy atom. The first kappa shape index (κ1) is 18.6. The number of nitrogens with one attached hydrogen (secondary N) is 1. The van der Waals surface area contributed by atoms with Gasteiger partial charge in [-0.1, -0.05) is 60.7 Å². The highest BCUT2D eigenvalue weighted by molar-refractivity contribution is 8.00. The maximum atomic E-state index is 12.1. The van der Waals surface area contributed by atoms with E-state index < -0.39 is 0 Å². The van der Waals surface area contributed by atoms with Crippen molar-refractivity contribution in [3.8, 4) is 10.6 Å². The predicted octanol–water partition coefficient (Wildman–Crippen LogP) is 3.82. The van der Waals surface area contributed by atoms with Gasteiger partial charge in [-0.3, -0.25) is 4.79 Å². The zero-order valence-corrected chi connectivity index (χ0v) is 17.0. The van der Waals surface area contributed by atoms with E-state index in [-0.39, 0.29) is 5.91 Å². The van der Waals surface area contributed by atoms with E-state index in [0.29, 0.717) is 12.3 Å². The number of carbonyl (C=O) groups excluding carboxylic acids is 1. The molecule has 0 saturated heterocycles. The molecule has 2 heterocycles. The van der Waals surface area contributed by atoms with Crippen LogP contribution in [-0.4, -0.2) is 31.5 Å². The standard InChI is InChI=1S/C20H19N5OS2/c1-2-17-22-23-20-25(17)24-19(28-20)15-10-8-14(9-11-15)12-21-18(26)13-27-16-6-4-3-5-7-16/h3-11H,2,12-13H2,1H3,(H,21,26). The Hall–Kier alpha value is -2.71. The van der Waals surface area contributed by atoms with Gasteiger partial charge >= 0.3 is 0 Å². The van der Waals surface area contributed by atoms with Crippen LogP contribution in [0.3, 0.4) is 0 Å². The lowest BCUT2D eigenvalue weighted by Gasteiger charge is -2.06. The molecule has 0 aliphatic carbocycles. The number of amides is 1. The van der Waals surface area contributed by atoms with Crippen LogP contribution in [0.15, 0.2) is 59.5 Å². The van der Waals surface area contributed by atoms with Gasteiger partial charge in [0.05, 0.1) is 5.75 Å². The van der Waals surface area contributed by atoms with E-state index in [4.69, 9.17) is 0 Å². The Balaban J connectivity index is 1.33. The monoisotopic (exact) mass is 409 g/mol. The van der Waals surface area contributed by atoms with Crippen molar-refractivity contribution in [2.45, 2.75) is 24.8 Å². The lowest BCUT2D eigenvalue weighted by Crippen LogP contribution is -2.24. The van der Waals surface area contributed by atoms with Gasteiger partial charge in [-0.15, -0.1) is 22.0 Å². The van der Waals surface area contributed by atoms with Gasteiger partial charge in [0, 0.05) is 23.4 Å². The molecule has 4 aromatic rings. The second-order valence-corrected chi connectivity index (χ2v) is 8.15. The summed E-state index contributed by atoms with van der Waals surface area (Å²) in [5, 5.41) is 16.8. The quantitative estimate of drug-likeness (QED) is 0.470. The summed E-state index contributed by atoms with van der Waals surface area (Å²) >= 11 is 3.06. The molecule has 2 aromatic carbocycles. The molecule has 28 heavy (non-hydrogen) atoms. The fraction of sp³-hybridized carbons (Fsp3) is 0.200. The topological polar surface area (TPSA) is 72.2 Å². The van der Waals surface area contributed by atoms with Crippen LogP contribution >= 0.6 is 23.1 Å². The molecule has 4 rings (SSSR count). The van der Waals surface area contributed by atoms with E-state index in [2.05, 4.69) is 20.6 Å². The molecule has 0 aliphatic heterocycles. The van der Waals surface area contributed by atoms with Gasteiger partial charge in [-0.25, -0.2) is 0 Å². The van der Waals surface area contributed by atoms with Gasteiger partial charge in [-0.2, -0.15) is 9.61 Å². The molecule has 0 bridgehead atoms. The van der Waals surface area contributed by atoms with Gasteiger partial charge in [0.2, 0.25) is 10.9 Å². The first-order valence-corrected chi connectivity index (χ1v) is 10.8. The maximum Gasteiger partial charge on any atom is 0.234 e. The fourth-order valence-corrected chi connectivity index (χ4v) is 4.29. The number of aromatic nitrogens is 4. The third kappa shape index (κ3) is 4.23. The second kappa shape index (κ2) is 8.53. The van der Waals surface area contributed by atoms with Gasteiger partial charge < -0.3 is 5.32 Å². The molecule has 1 N–H and O–H groups in total. The summed E-state index contributed by atoms with van der Waals surface area (Å²) in [6.45, 7) is 2.55. The first-order chi connectivity index (χ1) is 13.7.